The van der Waals surface area contributed by atoms with Gasteiger partial charge in [-0.1, -0.05) is 12.1 Å². The predicted molar refractivity (Wildman–Crippen MR) is 70.0 cm³/mol. The van der Waals surface area contributed by atoms with E-state index in [4.69, 9.17) is 14.2 Å². The molecule has 1 saturated heterocycles. The van der Waals surface area contributed by atoms with Crippen LogP contribution in [0.5, 0.6) is 5.75 Å². The third-order valence-corrected chi connectivity index (χ3v) is 4.70. The maximum atomic E-state index is 12.3. The average Bonchev–Trinajstić information content (AvgIpc) is 2.46. The van der Waals surface area contributed by atoms with Crippen molar-refractivity contribution in [1.29, 1.82) is 0 Å². The smallest absolute Gasteiger partial charge is 0.182 e. The molecule has 2 rings (SSSR count). The molecule has 0 aliphatic carbocycles. The minimum absolute atomic E-state index is 0.0158. The Morgan fingerprint density at radius 3 is 2.63 bits per heavy atom. The molecule has 0 bridgehead atoms. The van der Waals surface area contributed by atoms with E-state index in [2.05, 4.69) is 0 Å². The summed E-state index contributed by atoms with van der Waals surface area (Å²) >= 11 is 0. The van der Waals surface area contributed by atoms with Crippen LogP contribution in [0.25, 0.3) is 0 Å². The van der Waals surface area contributed by atoms with Crippen LogP contribution in [0, 0.1) is 0 Å². The number of ether oxygens (including phenoxy) is 3. The summed E-state index contributed by atoms with van der Waals surface area (Å²) in [6, 6.07) is 6.62. The number of benzene rings is 1. The molecule has 1 aromatic carbocycles. The van der Waals surface area contributed by atoms with Gasteiger partial charge in [0.15, 0.2) is 16.1 Å². The van der Waals surface area contributed by atoms with Gasteiger partial charge in [-0.3, -0.25) is 0 Å². The molecule has 5 nitrogen and oxygen atoms in total. The lowest BCUT2D eigenvalue weighted by molar-refractivity contribution is -0.178. The van der Waals surface area contributed by atoms with Crippen molar-refractivity contribution in [2.45, 2.75) is 24.0 Å². The monoisotopic (exact) mass is 286 g/mol. The van der Waals surface area contributed by atoms with Crippen LogP contribution in [0.2, 0.25) is 0 Å². The molecule has 1 fully saturated rings. The molecule has 0 saturated carbocycles. The van der Waals surface area contributed by atoms with Gasteiger partial charge in [-0.2, -0.15) is 0 Å². The van der Waals surface area contributed by atoms with Gasteiger partial charge in [0, 0.05) is 6.42 Å². The van der Waals surface area contributed by atoms with Crippen LogP contribution in [-0.2, 0) is 19.3 Å². The third-order valence-electron chi connectivity index (χ3n) is 2.92. The molecule has 1 aliphatic rings. The highest BCUT2D eigenvalue weighted by Gasteiger charge is 2.22. The quantitative estimate of drug-likeness (QED) is 0.823. The summed E-state index contributed by atoms with van der Waals surface area (Å²) in [5, 5.41) is 0. The second-order valence-corrected chi connectivity index (χ2v) is 6.36. The van der Waals surface area contributed by atoms with Crippen LogP contribution in [0.15, 0.2) is 29.2 Å². The minimum atomic E-state index is -3.39. The molecular formula is C13H18O5S. The fourth-order valence-corrected chi connectivity index (χ4v) is 3.41. The van der Waals surface area contributed by atoms with Crippen molar-refractivity contribution in [2.75, 3.05) is 26.1 Å². The molecular weight excluding hydrogens is 268 g/mol. The Bertz CT molecular complexity index is 506. The minimum Gasteiger partial charge on any atom is -0.495 e. The van der Waals surface area contributed by atoms with E-state index < -0.39 is 16.1 Å². The topological polar surface area (TPSA) is 61.8 Å². The molecule has 0 unspecified atom stereocenters. The highest BCUT2D eigenvalue weighted by molar-refractivity contribution is 7.91. The second-order valence-electron chi connectivity index (χ2n) is 4.28. The van der Waals surface area contributed by atoms with E-state index in [1.165, 1.54) is 7.11 Å². The molecule has 6 heteroatoms. The molecule has 106 valence electrons. The zero-order chi connectivity index (χ0) is 13.7. The molecule has 0 spiro atoms. The molecule has 1 aliphatic heterocycles. The Labute approximate surface area is 113 Å². The lowest BCUT2D eigenvalue weighted by atomic mass is 10.3. The predicted octanol–water partition coefficient (Wildman–Crippen LogP) is 1.62. The summed E-state index contributed by atoms with van der Waals surface area (Å²) in [4.78, 5) is 0.216. The van der Waals surface area contributed by atoms with Crippen LogP contribution in [0.3, 0.4) is 0 Å². The van der Waals surface area contributed by atoms with E-state index in [0.29, 0.717) is 25.4 Å². The van der Waals surface area contributed by atoms with Gasteiger partial charge in [0.2, 0.25) is 0 Å². The summed E-state index contributed by atoms with van der Waals surface area (Å²) in [7, 11) is -1.93. The number of sulfone groups is 1. The lowest BCUT2D eigenvalue weighted by Crippen LogP contribution is -2.27. The Morgan fingerprint density at radius 2 is 1.95 bits per heavy atom. The molecule has 0 atom stereocenters. The first-order valence-electron chi connectivity index (χ1n) is 6.22. The number of methoxy groups -OCH3 is 1. The van der Waals surface area contributed by atoms with Gasteiger partial charge in [-0.05, 0) is 18.6 Å². The van der Waals surface area contributed by atoms with Gasteiger partial charge in [-0.25, -0.2) is 8.42 Å². The van der Waals surface area contributed by atoms with Crippen molar-refractivity contribution in [2.24, 2.45) is 0 Å². The molecule has 1 aromatic rings. The van der Waals surface area contributed by atoms with E-state index in [1.807, 2.05) is 0 Å². The second kappa shape index (κ2) is 6.36. The number of para-hydroxylation sites is 1. The molecule has 0 radical (unpaired) electrons. The molecule has 0 aromatic heterocycles. The summed E-state index contributed by atoms with van der Waals surface area (Å²) in [5.74, 6) is 0.353. The maximum absolute atomic E-state index is 12.3. The number of hydrogen-bond donors (Lipinski definition) is 0. The van der Waals surface area contributed by atoms with Crippen LogP contribution in [0.4, 0.5) is 0 Å². The summed E-state index contributed by atoms with van der Waals surface area (Å²) in [6.07, 6.45) is 0.772. The SMILES string of the molecule is COc1ccccc1S(=O)(=O)CCC1OCCCO1. The Kier molecular flexibility index (Phi) is 4.79. The fourth-order valence-electron chi connectivity index (χ4n) is 1.94. The van der Waals surface area contributed by atoms with E-state index in [1.54, 1.807) is 24.3 Å². The van der Waals surface area contributed by atoms with E-state index in [0.717, 1.165) is 6.42 Å². The van der Waals surface area contributed by atoms with Crippen molar-refractivity contribution >= 4 is 9.84 Å². The first-order chi connectivity index (χ1) is 9.13. The zero-order valence-corrected chi connectivity index (χ0v) is 11.7. The summed E-state index contributed by atoms with van der Waals surface area (Å²) in [5.41, 5.74) is 0. The largest absolute Gasteiger partial charge is 0.495 e. The highest BCUT2D eigenvalue weighted by Crippen LogP contribution is 2.25. The van der Waals surface area contributed by atoms with Crippen molar-refractivity contribution in [3.8, 4) is 5.75 Å². The average molecular weight is 286 g/mol. The van der Waals surface area contributed by atoms with Crippen LogP contribution in [0.1, 0.15) is 12.8 Å². The number of rotatable bonds is 5. The van der Waals surface area contributed by atoms with Crippen LogP contribution < -0.4 is 4.74 Å². The van der Waals surface area contributed by atoms with Gasteiger partial charge < -0.3 is 14.2 Å². The molecule has 0 N–H and O–H groups in total. The first-order valence-corrected chi connectivity index (χ1v) is 7.88. The Hall–Kier alpha value is -1.11. The fraction of sp³-hybridized carbons (Fsp3) is 0.538. The first kappa shape index (κ1) is 14.3. The van der Waals surface area contributed by atoms with Gasteiger partial charge in [0.25, 0.3) is 0 Å². The van der Waals surface area contributed by atoms with Gasteiger partial charge >= 0.3 is 0 Å². The standard InChI is InChI=1S/C13H18O5S/c1-16-11-5-2-3-6-12(11)19(14,15)10-7-13-17-8-4-9-18-13/h2-3,5-6,13H,4,7-10H2,1H3. The van der Waals surface area contributed by atoms with Crippen molar-refractivity contribution < 1.29 is 22.6 Å². The normalized spacial score (nSPS) is 17.3. The lowest BCUT2D eigenvalue weighted by Gasteiger charge is -2.23. The maximum Gasteiger partial charge on any atom is 0.182 e. The van der Waals surface area contributed by atoms with Crippen LogP contribution in [-0.4, -0.2) is 40.8 Å². The third kappa shape index (κ3) is 3.68. The van der Waals surface area contributed by atoms with Crippen molar-refractivity contribution in [3.63, 3.8) is 0 Å². The van der Waals surface area contributed by atoms with Crippen molar-refractivity contribution in [3.05, 3.63) is 24.3 Å². The molecule has 0 amide bonds. The van der Waals surface area contributed by atoms with Gasteiger partial charge in [0.1, 0.15) is 10.6 Å². The Balaban J connectivity index is 2.05. The van der Waals surface area contributed by atoms with Gasteiger partial charge in [-0.15, -0.1) is 0 Å². The number of hydrogen-bond acceptors (Lipinski definition) is 5. The van der Waals surface area contributed by atoms with E-state index in [9.17, 15) is 8.42 Å². The Morgan fingerprint density at radius 1 is 1.26 bits per heavy atom. The summed E-state index contributed by atoms with van der Waals surface area (Å²) in [6.45, 7) is 1.25. The van der Waals surface area contributed by atoms with Gasteiger partial charge in [0.05, 0.1) is 26.1 Å². The van der Waals surface area contributed by atoms with Crippen molar-refractivity contribution in [1.82, 2.24) is 0 Å². The zero-order valence-electron chi connectivity index (χ0n) is 10.9. The van der Waals surface area contributed by atoms with E-state index in [-0.39, 0.29) is 10.6 Å². The van der Waals surface area contributed by atoms with Crippen LogP contribution >= 0.6 is 0 Å². The molecule has 1 heterocycles. The van der Waals surface area contributed by atoms with E-state index >= 15 is 0 Å². The molecule has 19 heavy (non-hydrogen) atoms. The summed E-state index contributed by atoms with van der Waals surface area (Å²) < 4.78 is 40.3. The highest BCUT2D eigenvalue weighted by atomic mass is 32.2.